The van der Waals surface area contributed by atoms with Crippen molar-refractivity contribution in [2.75, 3.05) is 11.9 Å². The number of hydrogen-bond acceptors (Lipinski definition) is 4. The number of anilines is 1. The summed E-state index contributed by atoms with van der Waals surface area (Å²) in [5.41, 5.74) is 2.16. The van der Waals surface area contributed by atoms with Crippen LogP contribution >= 0.6 is 11.6 Å². The quantitative estimate of drug-likeness (QED) is 0.614. The van der Waals surface area contributed by atoms with E-state index in [1.165, 1.54) is 0 Å². The lowest BCUT2D eigenvalue weighted by molar-refractivity contribution is -0.118. The normalized spacial score (nSPS) is 12.4. The van der Waals surface area contributed by atoms with E-state index in [-0.39, 0.29) is 41.9 Å². The third-order valence-corrected chi connectivity index (χ3v) is 4.87. The average molecular weight is 421 g/mol. The number of ether oxygens (including phenoxy) is 1. The Morgan fingerprint density at radius 2 is 1.80 bits per heavy atom. The van der Waals surface area contributed by atoms with Crippen molar-refractivity contribution in [3.63, 3.8) is 0 Å². The zero-order valence-electron chi connectivity index (χ0n) is 15.8. The first-order valence-electron chi connectivity index (χ1n) is 9.24. The Morgan fingerprint density at radius 3 is 2.60 bits per heavy atom. The SMILES string of the molecule is O=C1COc2ccc(C(=O)c3ccccc3C(=O)NCc3cccc(Cl)c3)cc2N1. The number of rotatable bonds is 5. The van der Waals surface area contributed by atoms with Gasteiger partial charge in [0.05, 0.1) is 11.3 Å². The molecule has 0 atom stereocenters. The van der Waals surface area contributed by atoms with Gasteiger partial charge >= 0.3 is 0 Å². The summed E-state index contributed by atoms with van der Waals surface area (Å²) in [6.07, 6.45) is 0. The van der Waals surface area contributed by atoms with E-state index in [0.717, 1.165) is 5.56 Å². The molecule has 3 aromatic carbocycles. The van der Waals surface area contributed by atoms with Gasteiger partial charge in [0, 0.05) is 22.7 Å². The standard InChI is InChI=1S/C23H17ClN2O4/c24-16-5-3-4-14(10-16)12-25-23(29)18-7-2-1-6-17(18)22(28)15-8-9-20-19(11-15)26-21(27)13-30-20/h1-11H,12-13H2,(H,25,29)(H,26,27). The summed E-state index contributed by atoms with van der Waals surface area (Å²) < 4.78 is 5.32. The van der Waals surface area contributed by atoms with Crippen LogP contribution in [0.4, 0.5) is 5.69 Å². The number of amides is 2. The molecule has 150 valence electrons. The van der Waals surface area contributed by atoms with Gasteiger partial charge in [-0.05, 0) is 42.0 Å². The van der Waals surface area contributed by atoms with E-state index in [4.69, 9.17) is 16.3 Å². The summed E-state index contributed by atoms with van der Waals surface area (Å²) in [5.74, 6) is -0.480. The number of nitrogens with one attached hydrogen (secondary N) is 2. The van der Waals surface area contributed by atoms with E-state index in [0.29, 0.717) is 22.0 Å². The fourth-order valence-electron chi connectivity index (χ4n) is 3.18. The van der Waals surface area contributed by atoms with Crippen LogP contribution in [0.15, 0.2) is 66.7 Å². The summed E-state index contributed by atoms with van der Waals surface area (Å²) >= 11 is 5.98. The van der Waals surface area contributed by atoms with Gasteiger partial charge < -0.3 is 15.4 Å². The molecule has 1 heterocycles. The highest BCUT2D eigenvalue weighted by Gasteiger charge is 2.21. The number of fused-ring (bicyclic) bond motifs is 1. The highest BCUT2D eigenvalue weighted by molar-refractivity contribution is 6.30. The maximum Gasteiger partial charge on any atom is 0.262 e. The summed E-state index contributed by atoms with van der Waals surface area (Å²) in [5, 5.41) is 6.08. The number of halogens is 1. The van der Waals surface area contributed by atoms with Gasteiger partial charge in [0.1, 0.15) is 5.75 Å². The second-order valence-corrected chi connectivity index (χ2v) is 7.17. The van der Waals surface area contributed by atoms with Gasteiger partial charge in [-0.15, -0.1) is 0 Å². The van der Waals surface area contributed by atoms with Crippen molar-refractivity contribution in [1.29, 1.82) is 0 Å². The lowest BCUT2D eigenvalue weighted by Crippen LogP contribution is -2.26. The molecule has 2 N–H and O–H groups in total. The minimum atomic E-state index is -0.367. The molecule has 0 spiro atoms. The monoisotopic (exact) mass is 420 g/mol. The number of hydrogen-bond donors (Lipinski definition) is 2. The molecule has 0 aromatic heterocycles. The van der Waals surface area contributed by atoms with E-state index in [9.17, 15) is 14.4 Å². The Hall–Kier alpha value is -3.64. The molecule has 0 saturated carbocycles. The van der Waals surface area contributed by atoms with Crippen molar-refractivity contribution < 1.29 is 19.1 Å². The average Bonchev–Trinajstić information content (AvgIpc) is 2.76. The molecule has 6 nitrogen and oxygen atoms in total. The first-order valence-corrected chi connectivity index (χ1v) is 9.62. The summed E-state index contributed by atoms with van der Waals surface area (Å²) in [6, 6.07) is 18.6. The van der Waals surface area contributed by atoms with Crippen LogP contribution in [0, 0.1) is 0 Å². The van der Waals surface area contributed by atoms with Crippen LogP contribution in [0.5, 0.6) is 5.75 Å². The van der Waals surface area contributed by atoms with Crippen molar-refractivity contribution in [3.05, 3.63) is 94.0 Å². The number of carbonyl (C=O) groups excluding carboxylic acids is 3. The molecule has 0 bridgehead atoms. The van der Waals surface area contributed by atoms with Crippen LogP contribution in [-0.4, -0.2) is 24.2 Å². The van der Waals surface area contributed by atoms with Crippen LogP contribution in [0.3, 0.4) is 0 Å². The Kier molecular flexibility index (Phi) is 5.50. The lowest BCUT2D eigenvalue weighted by atomic mass is 9.97. The zero-order valence-corrected chi connectivity index (χ0v) is 16.5. The van der Waals surface area contributed by atoms with Gasteiger partial charge in [0.25, 0.3) is 11.8 Å². The highest BCUT2D eigenvalue weighted by Crippen LogP contribution is 2.29. The first-order chi connectivity index (χ1) is 14.5. The van der Waals surface area contributed by atoms with Gasteiger partial charge in [0.15, 0.2) is 12.4 Å². The summed E-state index contributed by atoms with van der Waals surface area (Å²) in [4.78, 5) is 37.4. The molecule has 0 saturated heterocycles. The predicted octanol–water partition coefficient (Wildman–Crippen LogP) is 3.83. The van der Waals surface area contributed by atoms with Gasteiger partial charge in [-0.25, -0.2) is 0 Å². The van der Waals surface area contributed by atoms with E-state index in [2.05, 4.69) is 10.6 Å². The van der Waals surface area contributed by atoms with Gasteiger partial charge in [-0.3, -0.25) is 14.4 Å². The van der Waals surface area contributed by atoms with Crippen molar-refractivity contribution in [2.45, 2.75) is 6.54 Å². The van der Waals surface area contributed by atoms with Crippen LogP contribution in [0.2, 0.25) is 5.02 Å². The van der Waals surface area contributed by atoms with E-state index < -0.39 is 0 Å². The molecule has 30 heavy (non-hydrogen) atoms. The van der Waals surface area contributed by atoms with Crippen LogP contribution in [-0.2, 0) is 11.3 Å². The molecular weight excluding hydrogens is 404 g/mol. The van der Waals surface area contributed by atoms with Crippen molar-refractivity contribution >= 4 is 34.9 Å². The van der Waals surface area contributed by atoms with Crippen molar-refractivity contribution in [1.82, 2.24) is 5.32 Å². The number of ketones is 1. The second-order valence-electron chi connectivity index (χ2n) is 6.74. The molecule has 1 aliphatic rings. The van der Waals surface area contributed by atoms with Crippen molar-refractivity contribution in [2.24, 2.45) is 0 Å². The Bertz CT molecular complexity index is 1160. The van der Waals surface area contributed by atoms with E-state index in [1.807, 2.05) is 6.07 Å². The fourth-order valence-corrected chi connectivity index (χ4v) is 3.40. The molecule has 0 unspecified atom stereocenters. The molecule has 1 aliphatic heterocycles. The van der Waals surface area contributed by atoms with Crippen LogP contribution in [0.25, 0.3) is 0 Å². The highest BCUT2D eigenvalue weighted by atomic mass is 35.5. The predicted molar refractivity (Wildman–Crippen MR) is 113 cm³/mol. The van der Waals surface area contributed by atoms with Gasteiger partial charge in [-0.2, -0.15) is 0 Å². The number of carbonyl (C=O) groups is 3. The molecular formula is C23H17ClN2O4. The van der Waals surface area contributed by atoms with E-state index in [1.54, 1.807) is 60.7 Å². The first kappa shape index (κ1) is 19.7. The molecule has 3 aromatic rings. The fraction of sp³-hybridized carbons (Fsp3) is 0.0870. The lowest BCUT2D eigenvalue weighted by Gasteiger charge is -2.18. The van der Waals surface area contributed by atoms with E-state index >= 15 is 0 Å². The Labute approximate surface area is 177 Å². The third-order valence-electron chi connectivity index (χ3n) is 4.63. The van der Waals surface area contributed by atoms with Gasteiger partial charge in [-0.1, -0.05) is 41.9 Å². The smallest absolute Gasteiger partial charge is 0.262 e. The summed E-state index contributed by atoms with van der Waals surface area (Å²) in [6.45, 7) is 0.222. The molecule has 4 rings (SSSR count). The third kappa shape index (κ3) is 4.18. The van der Waals surface area contributed by atoms with Gasteiger partial charge in [0.2, 0.25) is 0 Å². The maximum atomic E-state index is 13.1. The maximum absolute atomic E-state index is 13.1. The largest absolute Gasteiger partial charge is 0.482 e. The molecule has 7 heteroatoms. The topological polar surface area (TPSA) is 84.5 Å². The molecule has 0 aliphatic carbocycles. The second kappa shape index (κ2) is 8.39. The summed E-state index contributed by atoms with van der Waals surface area (Å²) in [7, 11) is 0. The molecule has 0 radical (unpaired) electrons. The Morgan fingerprint density at radius 1 is 1.00 bits per heavy atom. The Balaban J connectivity index is 1.57. The van der Waals surface area contributed by atoms with Crippen molar-refractivity contribution in [3.8, 4) is 5.75 Å². The minimum absolute atomic E-state index is 0.0596. The van der Waals surface area contributed by atoms with Crippen LogP contribution in [0.1, 0.15) is 31.8 Å². The van der Waals surface area contributed by atoms with Crippen LogP contribution < -0.4 is 15.4 Å². The minimum Gasteiger partial charge on any atom is -0.482 e. The molecule has 0 fully saturated rings. The number of benzene rings is 3. The molecule has 2 amide bonds. The zero-order chi connectivity index (χ0) is 21.1.